The number of benzene rings is 2. The molecule has 1 aliphatic heterocycles. The highest BCUT2D eigenvalue weighted by Crippen LogP contribution is 2.44. The predicted octanol–water partition coefficient (Wildman–Crippen LogP) is 4.34. The van der Waals surface area contributed by atoms with Gasteiger partial charge >= 0.3 is 0 Å². The number of fused-ring (bicyclic) bond motifs is 1. The number of hydrogen-bond donors (Lipinski definition) is 1. The molecule has 4 rings (SSSR count). The first-order chi connectivity index (χ1) is 15.6. The van der Waals surface area contributed by atoms with Crippen LogP contribution in [0, 0.1) is 6.92 Å². The van der Waals surface area contributed by atoms with Crippen LogP contribution in [-0.4, -0.2) is 43.5 Å². The minimum absolute atomic E-state index is 0.0558. The van der Waals surface area contributed by atoms with E-state index in [2.05, 4.69) is 36.5 Å². The maximum Gasteiger partial charge on any atom is 0.254 e. The van der Waals surface area contributed by atoms with E-state index >= 15 is 0 Å². The van der Waals surface area contributed by atoms with Crippen molar-refractivity contribution in [1.82, 2.24) is 10.2 Å². The summed E-state index contributed by atoms with van der Waals surface area (Å²) < 4.78 is 5.27. The summed E-state index contributed by atoms with van der Waals surface area (Å²) in [6.45, 7) is 3.45. The standard InChI is InChI=1S/C26H28N2O3S/c1-18-9-11-19(12-10-18)13-14-27-25(29)23-20-6-3-4-7-21(20)26(30)28(15-16-31-2)24(23)22-8-5-17-32-22/h3-12,17,23-24H,13-16H2,1-2H3,(H,27,29). The van der Waals surface area contributed by atoms with Crippen LogP contribution in [0.25, 0.3) is 0 Å². The maximum atomic E-state index is 13.6. The minimum Gasteiger partial charge on any atom is -0.383 e. The Bertz CT molecular complexity index is 1060. The largest absolute Gasteiger partial charge is 0.383 e. The van der Waals surface area contributed by atoms with E-state index in [-0.39, 0.29) is 17.9 Å². The zero-order valence-corrected chi connectivity index (χ0v) is 19.2. The molecule has 0 radical (unpaired) electrons. The third-order valence-electron chi connectivity index (χ3n) is 5.93. The topological polar surface area (TPSA) is 58.6 Å². The molecule has 0 aliphatic carbocycles. The van der Waals surface area contributed by atoms with E-state index in [1.807, 2.05) is 41.8 Å². The second-order valence-corrected chi connectivity index (χ2v) is 9.02. The van der Waals surface area contributed by atoms with Gasteiger partial charge in [-0.3, -0.25) is 9.59 Å². The van der Waals surface area contributed by atoms with E-state index in [1.165, 1.54) is 11.1 Å². The number of amides is 2. The highest BCUT2D eigenvalue weighted by atomic mass is 32.1. The predicted molar refractivity (Wildman–Crippen MR) is 127 cm³/mol. The summed E-state index contributed by atoms with van der Waals surface area (Å²) in [7, 11) is 1.62. The lowest BCUT2D eigenvalue weighted by Crippen LogP contribution is -2.48. The number of rotatable bonds is 8. The summed E-state index contributed by atoms with van der Waals surface area (Å²) in [5.41, 5.74) is 3.79. The van der Waals surface area contributed by atoms with Crippen LogP contribution in [-0.2, 0) is 16.0 Å². The van der Waals surface area contributed by atoms with Crippen molar-refractivity contribution in [2.45, 2.75) is 25.3 Å². The second-order valence-electron chi connectivity index (χ2n) is 8.04. The molecule has 1 N–H and O–H groups in total. The SMILES string of the molecule is COCCN1C(=O)c2ccccc2C(C(=O)NCCc2ccc(C)cc2)C1c1cccs1. The van der Waals surface area contributed by atoms with E-state index in [0.29, 0.717) is 25.3 Å². The number of nitrogens with one attached hydrogen (secondary N) is 1. The molecule has 1 aromatic heterocycles. The monoisotopic (exact) mass is 448 g/mol. The summed E-state index contributed by atoms with van der Waals surface area (Å²) in [5, 5.41) is 5.12. The zero-order valence-electron chi connectivity index (χ0n) is 18.4. The fourth-order valence-corrected chi connectivity index (χ4v) is 5.16. The molecule has 2 aromatic carbocycles. The first kappa shape index (κ1) is 22.2. The Hall–Kier alpha value is -2.96. The minimum atomic E-state index is -0.475. The van der Waals surface area contributed by atoms with Crippen LogP contribution in [0.1, 0.15) is 43.9 Å². The smallest absolute Gasteiger partial charge is 0.254 e. The first-order valence-electron chi connectivity index (χ1n) is 10.9. The van der Waals surface area contributed by atoms with Gasteiger partial charge in [-0.2, -0.15) is 0 Å². The Morgan fingerprint density at radius 3 is 2.59 bits per heavy atom. The molecule has 6 heteroatoms. The van der Waals surface area contributed by atoms with Crippen molar-refractivity contribution in [1.29, 1.82) is 0 Å². The second kappa shape index (κ2) is 10.1. The molecule has 0 saturated carbocycles. The third kappa shape index (κ3) is 4.61. The molecule has 3 aromatic rings. The number of ether oxygens (including phenoxy) is 1. The van der Waals surface area contributed by atoms with Crippen LogP contribution in [0.3, 0.4) is 0 Å². The molecular formula is C26H28N2O3S. The van der Waals surface area contributed by atoms with E-state index in [0.717, 1.165) is 16.9 Å². The van der Waals surface area contributed by atoms with Gasteiger partial charge in [0, 0.05) is 30.6 Å². The van der Waals surface area contributed by atoms with Crippen LogP contribution < -0.4 is 5.32 Å². The molecule has 2 unspecified atom stereocenters. The van der Waals surface area contributed by atoms with Crippen LogP contribution >= 0.6 is 11.3 Å². The molecular weight excluding hydrogens is 420 g/mol. The highest BCUT2D eigenvalue weighted by molar-refractivity contribution is 7.10. The third-order valence-corrected chi connectivity index (χ3v) is 6.87. The van der Waals surface area contributed by atoms with Gasteiger partial charge in [-0.25, -0.2) is 0 Å². The lowest BCUT2D eigenvalue weighted by Gasteiger charge is -2.41. The van der Waals surface area contributed by atoms with E-state index in [1.54, 1.807) is 23.3 Å². The molecule has 2 atom stereocenters. The van der Waals surface area contributed by atoms with Gasteiger partial charge in [0.2, 0.25) is 5.91 Å². The number of thiophene rings is 1. The molecule has 0 spiro atoms. The van der Waals surface area contributed by atoms with Crippen LogP contribution in [0.4, 0.5) is 0 Å². The summed E-state index contributed by atoms with van der Waals surface area (Å²) in [6, 6.07) is 19.4. The molecule has 2 amide bonds. The molecule has 0 fully saturated rings. The number of hydrogen-bond acceptors (Lipinski definition) is 4. The van der Waals surface area contributed by atoms with Gasteiger partial charge in [0.1, 0.15) is 0 Å². The van der Waals surface area contributed by atoms with Crippen molar-refractivity contribution in [3.05, 3.63) is 93.2 Å². The molecule has 0 saturated heterocycles. The van der Waals surface area contributed by atoms with E-state index in [4.69, 9.17) is 4.74 Å². The van der Waals surface area contributed by atoms with Gasteiger partial charge in [-0.1, -0.05) is 54.1 Å². The first-order valence-corrected chi connectivity index (χ1v) is 11.7. The van der Waals surface area contributed by atoms with Crippen molar-refractivity contribution in [3.63, 3.8) is 0 Å². The molecule has 2 heterocycles. The van der Waals surface area contributed by atoms with Gasteiger partial charge in [0.25, 0.3) is 5.91 Å². The highest BCUT2D eigenvalue weighted by Gasteiger charge is 2.44. The fraction of sp³-hybridized carbons (Fsp3) is 0.308. The van der Waals surface area contributed by atoms with Crippen molar-refractivity contribution >= 4 is 23.2 Å². The average Bonchev–Trinajstić information content (AvgIpc) is 3.34. The molecule has 0 bridgehead atoms. The van der Waals surface area contributed by atoms with Crippen LogP contribution in [0.2, 0.25) is 0 Å². The van der Waals surface area contributed by atoms with Gasteiger partial charge in [-0.15, -0.1) is 11.3 Å². The van der Waals surface area contributed by atoms with Gasteiger partial charge in [-0.05, 0) is 42.0 Å². The summed E-state index contributed by atoms with van der Waals surface area (Å²) in [5.74, 6) is -0.588. The number of methoxy groups -OCH3 is 1. The van der Waals surface area contributed by atoms with E-state index < -0.39 is 5.92 Å². The molecule has 32 heavy (non-hydrogen) atoms. The number of carbonyl (C=O) groups excluding carboxylic acids is 2. The Morgan fingerprint density at radius 2 is 1.88 bits per heavy atom. The van der Waals surface area contributed by atoms with Gasteiger partial charge in [0.05, 0.1) is 18.6 Å². The number of aryl methyl sites for hydroxylation is 1. The molecule has 1 aliphatic rings. The Morgan fingerprint density at radius 1 is 1.09 bits per heavy atom. The Labute approximate surface area is 193 Å². The Kier molecular flexibility index (Phi) is 7.02. The molecule has 166 valence electrons. The van der Waals surface area contributed by atoms with Gasteiger partial charge in [0.15, 0.2) is 0 Å². The summed E-state index contributed by atoms with van der Waals surface area (Å²) in [4.78, 5) is 29.7. The van der Waals surface area contributed by atoms with Crippen LogP contribution in [0.15, 0.2) is 66.0 Å². The van der Waals surface area contributed by atoms with Crippen molar-refractivity contribution in [2.75, 3.05) is 26.8 Å². The molecule has 5 nitrogen and oxygen atoms in total. The van der Waals surface area contributed by atoms with E-state index in [9.17, 15) is 9.59 Å². The Balaban J connectivity index is 1.62. The lowest BCUT2D eigenvalue weighted by molar-refractivity contribution is -0.124. The summed E-state index contributed by atoms with van der Waals surface area (Å²) >= 11 is 1.57. The van der Waals surface area contributed by atoms with Crippen molar-refractivity contribution in [2.24, 2.45) is 0 Å². The zero-order chi connectivity index (χ0) is 22.5. The number of nitrogens with zero attached hydrogens (tertiary/aromatic N) is 1. The fourth-order valence-electron chi connectivity index (χ4n) is 4.28. The summed E-state index contributed by atoms with van der Waals surface area (Å²) in [6.07, 6.45) is 0.760. The van der Waals surface area contributed by atoms with Crippen LogP contribution in [0.5, 0.6) is 0 Å². The van der Waals surface area contributed by atoms with Crippen molar-refractivity contribution in [3.8, 4) is 0 Å². The lowest BCUT2D eigenvalue weighted by atomic mass is 9.81. The normalized spacial score (nSPS) is 17.8. The average molecular weight is 449 g/mol. The van der Waals surface area contributed by atoms with Gasteiger partial charge < -0.3 is 15.0 Å². The van der Waals surface area contributed by atoms with Crippen molar-refractivity contribution < 1.29 is 14.3 Å². The number of carbonyl (C=O) groups is 2. The maximum absolute atomic E-state index is 13.6. The quantitative estimate of drug-likeness (QED) is 0.558.